The summed E-state index contributed by atoms with van der Waals surface area (Å²) in [7, 11) is 0. The van der Waals surface area contributed by atoms with Crippen LogP contribution in [-0.4, -0.2) is 71.2 Å². The first-order valence-electron chi connectivity index (χ1n) is 21.0. The molecule has 2 N–H and O–H groups in total. The molecule has 2 atom stereocenters. The van der Waals surface area contributed by atoms with Gasteiger partial charge in [0, 0.05) is 33.3 Å². The zero-order valence-corrected chi connectivity index (χ0v) is 37.4. The van der Waals surface area contributed by atoms with Crippen LogP contribution in [0.25, 0.3) is 0 Å². The van der Waals surface area contributed by atoms with E-state index in [-0.39, 0.29) is 30.0 Å². The average molecular weight is 910 g/mol. The standard InChI is InChI=1S/C26H24ClN3O3.C25H22ClN3O3/c1-17(2)33-25(31)20-10-14-22(15-11-20)28-26(32)30-16-23(18-6-4-3-5-7-18)24(29-30)19-8-12-21(27)13-9-19;1-2-32-24(30)19-10-14-21(15-11-19)27-25(31)29-16-22(17-6-4-3-5-7-17)23(28-29)18-8-12-20(26)13-9-18/h3-15,17,23H,16H2,1-2H3,(H,28,32);3-15,22H,2,16H2,1H3,(H,27,31). The summed E-state index contributed by atoms with van der Waals surface area (Å²) in [4.78, 5) is 49.7. The predicted molar refractivity (Wildman–Crippen MR) is 255 cm³/mol. The van der Waals surface area contributed by atoms with Crippen LogP contribution < -0.4 is 10.6 Å². The summed E-state index contributed by atoms with van der Waals surface area (Å²) < 4.78 is 10.2. The normalized spacial score (nSPS) is 15.3. The molecule has 65 heavy (non-hydrogen) atoms. The Kier molecular flexibility index (Phi) is 15.1. The van der Waals surface area contributed by atoms with Crippen molar-refractivity contribution in [1.29, 1.82) is 0 Å². The molecule has 0 saturated heterocycles. The third-order valence-corrected chi connectivity index (χ3v) is 10.8. The number of halogens is 2. The summed E-state index contributed by atoms with van der Waals surface area (Å²) in [5.74, 6) is -0.918. The van der Waals surface area contributed by atoms with E-state index in [4.69, 9.17) is 32.7 Å². The van der Waals surface area contributed by atoms with Gasteiger partial charge in [-0.05, 0) is 116 Å². The van der Waals surface area contributed by atoms with Gasteiger partial charge in [-0.1, -0.05) is 108 Å². The maximum atomic E-state index is 13.0. The molecule has 330 valence electrons. The van der Waals surface area contributed by atoms with Crippen molar-refractivity contribution < 1.29 is 28.7 Å². The van der Waals surface area contributed by atoms with Crippen LogP contribution in [0.4, 0.5) is 21.0 Å². The Labute approximate surface area is 387 Å². The maximum Gasteiger partial charge on any atom is 0.342 e. The van der Waals surface area contributed by atoms with Gasteiger partial charge in [0.1, 0.15) is 0 Å². The number of amides is 4. The van der Waals surface area contributed by atoms with Crippen molar-refractivity contribution in [3.8, 4) is 0 Å². The van der Waals surface area contributed by atoms with Crippen molar-refractivity contribution in [2.75, 3.05) is 30.3 Å². The Hall–Kier alpha value is -7.28. The van der Waals surface area contributed by atoms with Gasteiger partial charge in [0.25, 0.3) is 0 Å². The van der Waals surface area contributed by atoms with E-state index in [2.05, 4.69) is 20.8 Å². The lowest BCUT2D eigenvalue weighted by Gasteiger charge is -2.16. The fourth-order valence-electron chi connectivity index (χ4n) is 7.16. The number of hydrazone groups is 2. The van der Waals surface area contributed by atoms with Gasteiger partial charge in [-0.2, -0.15) is 10.2 Å². The van der Waals surface area contributed by atoms with Crippen molar-refractivity contribution in [1.82, 2.24) is 10.0 Å². The number of nitrogens with one attached hydrogen (secondary N) is 2. The zero-order chi connectivity index (χ0) is 45.9. The Morgan fingerprint density at radius 3 is 1.32 bits per heavy atom. The number of hydrogen-bond acceptors (Lipinski definition) is 8. The lowest BCUT2D eigenvalue weighted by Crippen LogP contribution is -2.30. The molecule has 0 aliphatic carbocycles. The molecule has 0 fully saturated rings. The molecule has 0 spiro atoms. The fraction of sp³-hybridized carbons (Fsp3) is 0.176. The lowest BCUT2D eigenvalue weighted by atomic mass is 9.91. The largest absolute Gasteiger partial charge is 0.462 e. The molecule has 2 unspecified atom stereocenters. The number of rotatable bonds is 10. The van der Waals surface area contributed by atoms with Crippen molar-refractivity contribution >= 4 is 70.0 Å². The van der Waals surface area contributed by atoms with E-state index >= 15 is 0 Å². The molecule has 0 saturated carbocycles. The molecule has 12 nitrogen and oxygen atoms in total. The summed E-state index contributed by atoms with van der Waals surface area (Å²) in [6, 6.07) is 47.3. The average Bonchev–Trinajstić information content (AvgIpc) is 3.98. The summed E-state index contributed by atoms with van der Waals surface area (Å²) >= 11 is 12.1. The summed E-state index contributed by atoms with van der Waals surface area (Å²) in [6.07, 6.45) is -0.197. The van der Waals surface area contributed by atoms with Crippen LogP contribution in [0.3, 0.4) is 0 Å². The third kappa shape index (κ3) is 11.8. The van der Waals surface area contributed by atoms with Gasteiger partial charge >= 0.3 is 24.0 Å². The predicted octanol–water partition coefficient (Wildman–Crippen LogP) is 11.5. The molecule has 6 aromatic carbocycles. The second-order valence-electron chi connectivity index (χ2n) is 15.3. The number of ether oxygens (including phenoxy) is 2. The monoisotopic (exact) mass is 908 g/mol. The number of carbonyl (C=O) groups excluding carboxylic acids is 4. The first-order chi connectivity index (χ1) is 31.4. The topological polar surface area (TPSA) is 142 Å². The molecule has 2 heterocycles. The van der Waals surface area contributed by atoms with Gasteiger partial charge in [0.05, 0.1) is 48.4 Å². The SMILES string of the molecule is CC(C)OC(=O)c1ccc(NC(=O)N2CC(c3ccccc3)C(c3ccc(Cl)cc3)=N2)cc1.CCOC(=O)c1ccc(NC(=O)N2CC(c3ccccc3)C(c3ccc(Cl)cc3)=N2)cc1. The van der Waals surface area contributed by atoms with Gasteiger partial charge in [-0.3, -0.25) is 0 Å². The van der Waals surface area contributed by atoms with Crippen LogP contribution in [0.1, 0.15) is 75.6 Å². The van der Waals surface area contributed by atoms with Gasteiger partial charge in [0.15, 0.2) is 0 Å². The van der Waals surface area contributed by atoms with Crippen LogP contribution in [0.15, 0.2) is 168 Å². The van der Waals surface area contributed by atoms with Gasteiger partial charge in [0.2, 0.25) is 0 Å². The molecule has 8 rings (SSSR count). The number of esters is 2. The molecule has 0 radical (unpaired) electrons. The smallest absolute Gasteiger partial charge is 0.342 e. The molecular weight excluding hydrogens is 864 g/mol. The van der Waals surface area contributed by atoms with Crippen LogP contribution in [0, 0.1) is 0 Å². The third-order valence-electron chi connectivity index (χ3n) is 10.3. The highest BCUT2D eigenvalue weighted by molar-refractivity contribution is 6.31. The fourth-order valence-corrected chi connectivity index (χ4v) is 7.42. The van der Waals surface area contributed by atoms with Crippen LogP contribution in [0.2, 0.25) is 10.0 Å². The second-order valence-corrected chi connectivity index (χ2v) is 16.1. The summed E-state index contributed by atoms with van der Waals surface area (Å²) in [5.41, 5.74) is 7.58. The highest BCUT2D eigenvalue weighted by atomic mass is 35.5. The van der Waals surface area contributed by atoms with E-state index in [0.29, 0.717) is 52.2 Å². The van der Waals surface area contributed by atoms with Crippen molar-refractivity contribution in [2.24, 2.45) is 10.2 Å². The molecule has 0 bridgehead atoms. The molecule has 4 amide bonds. The minimum Gasteiger partial charge on any atom is -0.462 e. The number of urea groups is 2. The van der Waals surface area contributed by atoms with Gasteiger partial charge in [-0.15, -0.1) is 0 Å². The first kappa shape index (κ1) is 45.7. The molecule has 2 aliphatic rings. The number of anilines is 2. The number of benzene rings is 6. The second kappa shape index (κ2) is 21.4. The quantitative estimate of drug-likeness (QED) is 0.131. The maximum absolute atomic E-state index is 13.0. The van der Waals surface area contributed by atoms with Crippen LogP contribution in [-0.2, 0) is 9.47 Å². The zero-order valence-electron chi connectivity index (χ0n) is 35.9. The van der Waals surface area contributed by atoms with E-state index in [0.717, 1.165) is 33.7 Å². The van der Waals surface area contributed by atoms with Crippen molar-refractivity contribution in [3.63, 3.8) is 0 Å². The Morgan fingerprint density at radius 1 is 0.569 bits per heavy atom. The Morgan fingerprint density at radius 2 is 0.954 bits per heavy atom. The summed E-state index contributed by atoms with van der Waals surface area (Å²) in [5, 5.41) is 19.1. The Balaban J connectivity index is 0.000000194. The van der Waals surface area contributed by atoms with E-state index in [9.17, 15) is 19.2 Å². The molecule has 0 aromatic heterocycles. The Bertz CT molecular complexity index is 2660. The molecular formula is C51H46Cl2N6O6. The van der Waals surface area contributed by atoms with Crippen LogP contribution in [0.5, 0.6) is 0 Å². The van der Waals surface area contributed by atoms with Crippen LogP contribution >= 0.6 is 23.2 Å². The first-order valence-corrected chi connectivity index (χ1v) is 21.7. The van der Waals surface area contributed by atoms with Gasteiger partial charge in [-0.25, -0.2) is 29.2 Å². The highest BCUT2D eigenvalue weighted by Gasteiger charge is 2.34. The van der Waals surface area contributed by atoms with E-state index in [1.807, 2.05) is 109 Å². The molecule has 14 heteroatoms. The highest BCUT2D eigenvalue weighted by Crippen LogP contribution is 2.31. The minimum atomic E-state index is -0.398. The lowest BCUT2D eigenvalue weighted by molar-refractivity contribution is 0.0377. The number of hydrogen-bond donors (Lipinski definition) is 2. The van der Waals surface area contributed by atoms with Crippen molar-refractivity contribution in [3.05, 3.63) is 201 Å². The molecule has 2 aliphatic heterocycles. The van der Waals surface area contributed by atoms with E-state index in [1.54, 1.807) is 69.3 Å². The van der Waals surface area contributed by atoms with Gasteiger partial charge < -0.3 is 20.1 Å². The van der Waals surface area contributed by atoms with E-state index < -0.39 is 11.9 Å². The van der Waals surface area contributed by atoms with Crippen molar-refractivity contribution in [2.45, 2.75) is 38.7 Å². The minimum absolute atomic E-state index is 0.0608. The molecule has 6 aromatic rings. The number of nitrogens with zero attached hydrogens (tertiary/aromatic N) is 4. The summed E-state index contributed by atoms with van der Waals surface area (Å²) in [6.45, 7) is 6.47. The number of carbonyl (C=O) groups is 4. The van der Waals surface area contributed by atoms with E-state index in [1.165, 1.54) is 10.0 Å².